The van der Waals surface area contributed by atoms with Gasteiger partial charge in [0.1, 0.15) is 0 Å². The van der Waals surface area contributed by atoms with Gasteiger partial charge in [-0.2, -0.15) is 0 Å². The SMILES string of the molecule is CC(Cc1ccc(C(C)(C)C)cc1)N1CCC(N)CC1. The van der Waals surface area contributed by atoms with Crippen molar-refractivity contribution in [2.75, 3.05) is 13.1 Å². The first-order valence-electron chi connectivity index (χ1n) is 7.95. The fourth-order valence-electron chi connectivity index (χ4n) is 2.97. The van der Waals surface area contributed by atoms with Crippen molar-refractivity contribution in [2.45, 2.75) is 64.5 Å². The molecule has 1 fully saturated rings. The molecule has 2 nitrogen and oxygen atoms in total. The number of nitrogens with zero attached hydrogens (tertiary/aromatic N) is 1. The molecule has 0 aliphatic carbocycles. The molecule has 2 N–H and O–H groups in total. The molecule has 112 valence electrons. The quantitative estimate of drug-likeness (QED) is 0.916. The molecular weight excluding hydrogens is 244 g/mol. The van der Waals surface area contributed by atoms with Crippen molar-refractivity contribution >= 4 is 0 Å². The molecule has 20 heavy (non-hydrogen) atoms. The van der Waals surface area contributed by atoms with E-state index < -0.39 is 0 Å². The van der Waals surface area contributed by atoms with Crippen LogP contribution in [0.2, 0.25) is 0 Å². The predicted octanol–water partition coefficient (Wildman–Crippen LogP) is 3.34. The first-order valence-corrected chi connectivity index (χ1v) is 7.95. The Morgan fingerprint density at radius 3 is 2.20 bits per heavy atom. The average Bonchev–Trinajstić information content (AvgIpc) is 2.39. The number of piperidine rings is 1. The van der Waals surface area contributed by atoms with Crippen LogP contribution in [0.1, 0.15) is 51.7 Å². The second-order valence-electron chi connectivity index (χ2n) is 7.37. The molecule has 0 spiro atoms. The summed E-state index contributed by atoms with van der Waals surface area (Å²) in [5.74, 6) is 0. The normalized spacial score (nSPS) is 20.1. The maximum Gasteiger partial charge on any atom is 0.0107 e. The van der Waals surface area contributed by atoms with Gasteiger partial charge in [-0.3, -0.25) is 0 Å². The van der Waals surface area contributed by atoms with Crippen molar-refractivity contribution in [3.63, 3.8) is 0 Å². The lowest BCUT2D eigenvalue weighted by Gasteiger charge is -2.35. The molecule has 1 aliphatic rings. The molecular formula is C18H30N2. The zero-order valence-electron chi connectivity index (χ0n) is 13.5. The third-order valence-electron chi connectivity index (χ3n) is 4.55. The minimum absolute atomic E-state index is 0.243. The van der Waals surface area contributed by atoms with Crippen molar-refractivity contribution in [3.8, 4) is 0 Å². The van der Waals surface area contributed by atoms with Crippen LogP contribution < -0.4 is 5.73 Å². The number of hydrogen-bond acceptors (Lipinski definition) is 2. The number of nitrogens with two attached hydrogens (primary N) is 1. The second-order valence-corrected chi connectivity index (χ2v) is 7.37. The van der Waals surface area contributed by atoms with Crippen LogP contribution in [-0.2, 0) is 11.8 Å². The van der Waals surface area contributed by atoms with E-state index in [0.29, 0.717) is 12.1 Å². The van der Waals surface area contributed by atoms with Crippen molar-refractivity contribution in [1.82, 2.24) is 4.90 Å². The Kier molecular flexibility index (Phi) is 4.87. The van der Waals surface area contributed by atoms with Crippen LogP contribution in [0.5, 0.6) is 0 Å². The topological polar surface area (TPSA) is 29.3 Å². The van der Waals surface area contributed by atoms with Gasteiger partial charge < -0.3 is 10.6 Å². The zero-order chi connectivity index (χ0) is 14.8. The fourth-order valence-corrected chi connectivity index (χ4v) is 2.97. The summed E-state index contributed by atoms with van der Waals surface area (Å²) in [6.45, 7) is 11.4. The van der Waals surface area contributed by atoms with Gasteiger partial charge in [-0.05, 0) is 55.8 Å². The molecule has 0 bridgehead atoms. The van der Waals surface area contributed by atoms with Crippen molar-refractivity contribution in [3.05, 3.63) is 35.4 Å². The Hall–Kier alpha value is -0.860. The van der Waals surface area contributed by atoms with E-state index in [4.69, 9.17) is 5.73 Å². The lowest BCUT2D eigenvalue weighted by Crippen LogP contribution is -2.44. The molecule has 0 saturated carbocycles. The van der Waals surface area contributed by atoms with Gasteiger partial charge in [0.25, 0.3) is 0 Å². The smallest absolute Gasteiger partial charge is 0.0107 e. The Labute approximate surface area is 124 Å². The highest BCUT2D eigenvalue weighted by Crippen LogP contribution is 2.23. The highest BCUT2D eigenvalue weighted by molar-refractivity contribution is 5.27. The largest absolute Gasteiger partial charge is 0.328 e. The number of hydrogen-bond donors (Lipinski definition) is 1. The Bertz CT molecular complexity index is 408. The van der Waals surface area contributed by atoms with Gasteiger partial charge >= 0.3 is 0 Å². The summed E-state index contributed by atoms with van der Waals surface area (Å²) in [7, 11) is 0. The fraction of sp³-hybridized carbons (Fsp3) is 0.667. The van der Waals surface area contributed by atoms with E-state index in [1.54, 1.807) is 0 Å². The van der Waals surface area contributed by atoms with Gasteiger partial charge in [-0.15, -0.1) is 0 Å². The third-order valence-corrected chi connectivity index (χ3v) is 4.55. The van der Waals surface area contributed by atoms with Gasteiger partial charge in [0.05, 0.1) is 0 Å². The van der Waals surface area contributed by atoms with E-state index >= 15 is 0 Å². The number of likely N-dealkylation sites (tertiary alicyclic amines) is 1. The van der Waals surface area contributed by atoms with Gasteiger partial charge in [0.2, 0.25) is 0 Å². The molecule has 2 rings (SSSR count). The van der Waals surface area contributed by atoms with Crippen molar-refractivity contribution in [2.24, 2.45) is 5.73 Å². The third kappa shape index (κ3) is 4.07. The summed E-state index contributed by atoms with van der Waals surface area (Å²) in [5.41, 5.74) is 9.08. The van der Waals surface area contributed by atoms with Crippen LogP contribution in [0.4, 0.5) is 0 Å². The average molecular weight is 274 g/mol. The molecule has 1 aliphatic heterocycles. The Morgan fingerprint density at radius 1 is 1.15 bits per heavy atom. The zero-order valence-corrected chi connectivity index (χ0v) is 13.5. The van der Waals surface area contributed by atoms with Gasteiger partial charge in [-0.1, -0.05) is 45.0 Å². The van der Waals surface area contributed by atoms with Crippen LogP contribution in [0.15, 0.2) is 24.3 Å². The highest BCUT2D eigenvalue weighted by Gasteiger charge is 2.20. The van der Waals surface area contributed by atoms with Crippen LogP contribution in [-0.4, -0.2) is 30.1 Å². The molecule has 1 unspecified atom stereocenters. The molecule has 1 heterocycles. The van der Waals surface area contributed by atoms with E-state index in [1.807, 2.05) is 0 Å². The molecule has 0 radical (unpaired) electrons. The minimum Gasteiger partial charge on any atom is -0.328 e. The lowest BCUT2D eigenvalue weighted by atomic mass is 9.86. The Morgan fingerprint density at radius 2 is 1.70 bits per heavy atom. The predicted molar refractivity (Wildman–Crippen MR) is 87.1 cm³/mol. The number of benzene rings is 1. The molecule has 1 aromatic rings. The van der Waals surface area contributed by atoms with Crippen molar-refractivity contribution < 1.29 is 0 Å². The molecule has 1 saturated heterocycles. The van der Waals surface area contributed by atoms with Crippen LogP contribution >= 0.6 is 0 Å². The van der Waals surface area contributed by atoms with E-state index in [2.05, 4.69) is 56.9 Å². The number of rotatable bonds is 3. The lowest BCUT2D eigenvalue weighted by molar-refractivity contribution is 0.162. The summed E-state index contributed by atoms with van der Waals surface area (Å²) in [4.78, 5) is 2.58. The standard InChI is InChI=1S/C18H30N2/c1-14(20-11-9-17(19)10-12-20)13-15-5-7-16(8-6-15)18(2,3)4/h5-8,14,17H,9-13,19H2,1-4H3. The molecule has 0 aromatic heterocycles. The van der Waals surface area contributed by atoms with Crippen LogP contribution in [0.3, 0.4) is 0 Å². The summed E-state index contributed by atoms with van der Waals surface area (Å²) in [6.07, 6.45) is 3.43. The van der Waals surface area contributed by atoms with Crippen LogP contribution in [0.25, 0.3) is 0 Å². The highest BCUT2D eigenvalue weighted by atomic mass is 15.2. The van der Waals surface area contributed by atoms with Gasteiger partial charge in [0, 0.05) is 12.1 Å². The maximum atomic E-state index is 5.98. The van der Waals surface area contributed by atoms with Crippen LogP contribution in [0, 0.1) is 0 Å². The van der Waals surface area contributed by atoms with E-state index in [9.17, 15) is 0 Å². The molecule has 1 atom stereocenters. The van der Waals surface area contributed by atoms with E-state index in [-0.39, 0.29) is 5.41 Å². The maximum absolute atomic E-state index is 5.98. The molecule has 2 heteroatoms. The minimum atomic E-state index is 0.243. The first-order chi connectivity index (χ1) is 9.36. The van der Waals surface area contributed by atoms with Crippen molar-refractivity contribution in [1.29, 1.82) is 0 Å². The van der Waals surface area contributed by atoms with E-state index in [1.165, 1.54) is 11.1 Å². The summed E-state index contributed by atoms with van der Waals surface area (Å²) in [6, 6.07) is 10.2. The monoisotopic (exact) mass is 274 g/mol. The summed E-state index contributed by atoms with van der Waals surface area (Å²) < 4.78 is 0. The van der Waals surface area contributed by atoms with Gasteiger partial charge in [-0.25, -0.2) is 0 Å². The summed E-state index contributed by atoms with van der Waals surface area (Å²) in [5, 5.41) is 0. The van der Waals surface area contributed by atoms with E-state index in [0.717, 1.165) is 32.4 Å². The Balaban J connectivity index is 1.93. The van der Waals surface area contributed by atoms with Gasteiger partial charge in [0.15, 0.2) is 0 Å². The first kappa shape index (κ1) is 15.5. The second kappa shape index (κ2) is 6.28. The summed E-state index contributed by atoms with van der Waals surface area (Å²) >= 11 is 0. The molecule has 0 amide bonds. The molecule has 1 aromatic carbocycles.